The molecule has 25 heavy (non-hydrogen) atoms. The van der Waals surface area contributed by atoms with Crippen LogP contribution in [0.2, 0.25) is 0 Å². The van der Waals surface area contributed by atoms with Gasteiger partial charge in [0, 0.05) is 18.5 Å². The molecule has 0 spiro atoms. The van der Waals surface area contributed by atoms with E-state index in [1.165, 1.54) is 6.33 Å². The summed E-state index contributed by atoms with van der Waals surface area (Å²) in [6.45, 7) is 0. The fourth-order valence-corrected chi connectivity index (χ4v) is 2.79. The summed E-state index contributed by atoms with van der Waals surface area (Å²) in [5, 5.41) is 17.5. The minimum absolute atomic E-state index is 0.134. The van der Waals surface area contributed by atoms with E-state index in [0.717, 1.165) is 7.14 Å². The van der Waals surface area contributed by atoms with Gasteiger partial charge in [-0.05, 0) is 93.7 Å². The van der Waals surface area contributed by atoms with Crippen molar-refractivity contribution < 1.29 is 4.92 Å². The zero-order valence-corrected chi connectivity index (χ0v) is 16.9. The lowest BCUT2D eigenvalue weighted by Gasteiger charge is -2.10. The average molecular weight is 559 g/mol. The topological polar surface area (TPSA) is 93.0 Å². The highest BCUT2D eigenvalue weighted by Gasteiger charge is 2.23. The number of nitrogens with one attached hydrogen (secondary N) is 2. The van der Waals surface area contributed by atoms with Crippen molar-refractivity contribution in [2.24, 2.45) is 0 Å². The van der Waals surface area contributed by atoms with E-state index in [4.69, 9.17) is 0 Å². The molecule has 0 fully saturated rings. The largest absolute Gasteiger partial charge is 0.353 e. The molecule has 0 saturated heterocycles. The van der Waals surface area contributed by atoms with Gasteiger partial charge in [0.1, 0.15) is 6.33 Å². The molecule has 0 aliphatic heterocycles. The van der Waals surface area contributed by atoms with Crippen LogP contribution in [0.15, 0.2) is 54.9 Å². The highest BCUT2D eigenvalue weighted by molar-refractivity contribution is 14.1. The van der Waals surface area contributed by atoms with Crippen molar-refractivity contribution in [3.8, 4) is 0 Å². The minimum atomic E-state index is -0.496. The predicted molar refractivity (Wildman–Crippen MR) is 114 cm³/mol. The van der Waals surface area contributed by atoms with Gasteiger partial charge < -0.3 is 10.6 Å². The van der Waals surface area contributed by atoms with E-state index in [1.807, 2.05) is 48.5 Å². The van der Waals surface area contributed by atoms with Crippen molar-refractivity contribution >= 4 is 73.9 Å². The minimum Gasteiger partial charge on any atom is -0.334 e. The van der Waals surface area contributed by atoms with Crippen LogP contribution in [0.25, 0.3) is 0 Å². The monoisotopic (exact) mass is 559 g/mol. The maximum atomic E-state index is 11.6. The number of rotatable bonds is 5. The van der Waals surface area contributed by atoms with Crippen LogP contribution < -0.4 is 10.6 Å². The first kappa shape index (κ1) is 17.8. The Hall–Kier alpha value is -2.02. The van der Waals surface area contributed by atoms with Crippen molar-refractivity contribution in [2.75, 3.05) is 10.6 Å². The molecule has 3 rings (SSSR count). The van der Waals surface area contributed by atoms with E-state index in [0.29, 0.717) is 11.4 Å². The summed E-state index contributed by atoms with van der Waals surface area (Å²) in [5.41, 5.74) is 1.21. The van der Waals surface area contributed by atoms with Crippen LogP contribution in [0.3, 0.4) is 0 Å². The summed E-state index contributed by atoms with van der Waals surface area (Å²) in [7, 11) is 0. The van der Waals surface area contributed by atoms with Crippen LogP contribution in [-0.4, -0.2) is 14.9 Å². The van der Waals surface area contributed by atoms with E-state index < -0.39 is 4.92 Å². The third kappa shape index (κ3) is 4.54. The van der Waals surface area contributed by atoms with E-state index in [2.05, 4.69) is 65.8 Å². The molecule has 9 heteroatoms. The highest BCUT2D eigenvalue weighted by atomic mass is 127. The number of anilines is 4. The number of hydrogen-bond donors (Lipinski definition) is 2. The molecule has 7 nitrogen and oxygen atoms in total. The van der Waals surface area contributed by atoms with Crippen LogP contribution in [0.1, 0.15) is 0 Å². The zero-order valence-electron chi connectivity index (χ0n) is 12.6. The summed E-state index contributed by atoms with van der Waals surface area (Å²) >= 11 is 4.39. The van der Waals surface area contributed by atoms with Gasteiger partial charge in [0.2, 0.25) is 11.6 Å². The standard InChI is InChI=1S/C16H11I2N5O2/c17-10-1-5-12(6-2-10)21-15-14(23(24)25)16(20-9-19-15)22-13-7-3-11(18)4-8-13/h1-9H,(H2,19,20,21,22). The Kier molecular flexibility index (Phi) is 5.63. The molecule has 2 N–H and O–H groups in total. The molecule has 0 aliphatic rings. The number of benzene rings is 2. The normalized spacial score (nSPS) is 10.3. The van der Waals surface area contributed by atoms with E-state index in [-0.39, 0.29) is 17.3 Å². The second kappa shape index (κ2) is 7.91. The maximum Gasteiger partial charge on any atom is 0.353 e. The number of nitro groups is 1. The summed E-state index contributed by atoms with van der Waals surface area (Å²) in [4.78, 5) is 19.1. The van der Waals surface area contributed by atoms with Crippen molar-refractivity contribution in [3.63, 3.8) is 0 Å². The molecule has 0 aliphatic carbocycles. The molecule has 0 unspecified atom stereocenters. The SMILES string of the molecule is O=[N+]([O-])c1c(Nc2ccc(I)cc2)ncnc1Nc1ccc(I)cc1. The van der Waals surface area contributed by atoms with Crippen LogP contribution in [-0.2, 0) is 0 Å². The number of aromatic nitrogens is 2. The third-order valence-electron chi connectivity index (χ3n) is 3.22. The lowest BCUT2D eigenvalue weighted by atomic mass is 10.3. The van der Waals surface area contributed by atoms with Crippen molar-refractivity contribution in [1.29, 1.82) is 0 Å². The molecular weight excluding hydrogens is 548 g/mol. The van der Waals surface area contributed by atoms with E-state index in [1.54, 1.807) is 0 Å². The second-order valence-corrected chi connectivity index (χ2v) is 7.43. The lowest BCUT2D eigenvalue weighted by Crippen LogP contribution is -2.05. The first-order chi connectivity index (χ1) is 12.0. The molecular formula is C16H11I2N5O2. The molecule has 1 heterocycles. The van der Waals surface area contributed by atoms with E-state index >= 15 is 0 Å². The summed E-state index contributed by atoms with van der Waals surface area (Å²) < 4.78 is 2.14. The van der Waals surface area contributed by atoms with Gasteiger partial charge >= 0.3 is 5.69 Å². The quantitative estimate of drug-likeness (QED) is 0.258. The highest BCUT2D eigenvalue weighted by Crippen LogP contribution is 2.33. The number of halogens is 2. The van der Waals surface area contributed by atoms with Crippen molar-refractivity contribution in [3.05, 3.63) is 72.1 Å². The van der Waals surface area contributed by atoms with Crippen LogP contribution in [0.5, 0.6) is 0 Å². The second-order valence-electron chi connectivity index (χ2n) is 4.94. The first-order valence-electron chi connectivity index (χ1n) is 7.07. The molecule has 0 amide bonds. The van der Waals surface area contributed by atoms with Crippen molar-refractivity contribution in [1.82, 2.24) is 9.97 Å². The molecule has 3 aromatic rings. The predicted octanol–water partition coefficient (Wildman–Crippen LogP) is 5.08. The van der Waals surface area contributed by atoms with E-state index in [9.17, 15) is 10.1 Å². The lowest BCUT2D eigenvalue weighted by molar-refractivity contribution is -0.383. The molecule has 0 bridgehead atoms. The molecule has 126 valence electrons. The fourth-order valence-electron chi connectivity index (χ4n) is 2.07. The summed E-state index contributed by atoms with van der Waals surface area (Å²) in [5.74, 6) is 0.267. The van der Waals surface area contributed by atoms with Gasteiger partial charge in [0.25, 0.3) is 0 Å². The first-order valence-corrected chi connectivity index (χ1v) is 9.23. The van der Waals surface area contributed by atoms with Crippen LogP contribution >= 0.6 is 45.2 Å². The average Bonchev–Trinajstić information content (AvgIpc) is 2.59. The van der Waals surface area contributed by atoms with Crippen molar-refractivity contribution in [2.45, 2.75) is 0 Å². The Morgan fingerprint density at radius 1 is 0.800 bits per heavy atom. The molecule has 0 saturated carbocycles. The summed E-state index contributed by atoms with van der Waals surface area (Å²) in [6.07, 6.45) is 1.29. The Bertz CT molecular complexity index is 836. The van der Waals surface area contributed by atoms with Gasteiger partial charge in [-0.3, -0.25) is 10.1 Å². The number of hydrogen-bond acceptors (Lipinski definition) is 6. The Balaban J connectivity index is 1.94. The maximum absolute atomic E-state index is 11.6. The Morgan fingerprint density at radius 3 is 1.56 bits per heavy atom. The molecule has 2 aromatic carbocycles. The van der Waals surface area contributed by atoms with Gasteiger partial charge in [-0.1, -0.05) is 0 Å². The van der Waals surface area contributed by atoms with Crippen LogP contribution in [0.4, 0.5) is 28.7 Å². The Morgan fingerprint density at radius 2 is 1.20 bits per heavy atom. The zero-order chi connectivity index (χ0) is 17.8. The molecule has 0 radical (unpaired) electrons. The van der Waals surface area contributed by atoms with Gasteiger partial charge in [-0.15, -0.1) is 0 Å². The Labute approximate surface area is 170 Å². The van der Waals surface area contributed by atoms with Gasteiger partial charge in [-0.2, -0.15) is 0 Å². The number of nitrogens with zero attached hydrogens (tertiary/aromatic N) is 3. The smallest absolute Gasteiger partial charge is 0.334 e. The van der Waals surface area contributed by atoms with Gasteiger partial charge in [0.05, 0.1) is 4.92 Å². The van der Waals surface area contributed by atoms with Crippen LogP contribution in [0, 0.1) is 17.3 Å². The molecule has 0 atom stereocenters. The third-order valence-corrected chi connectivity index (χ3v) is 4.66. The van der Waals surface area contributed by atoms with Gasteiger partial charge in [0.15, 0.2) is 0 Å². The molecule has 1 aromatic heterocycles. The fraction of sp³-hybridized carbons (Fsp3) is 0. The summed E-state index contributed by atoms with van der Waals surface area (Å²) in [6, 6.07) is 14.9. The van der Waals surface area contributed by atoms with Gasteiger partial charge in [-0.25, -0.2) is 9.97 Å².